The Morgan fingerprint density at radius 1 is 0.391 bits per heavy atom. The maximum absolute atomic E-state index is 9.63. The van der Waals surface area contributed by atoms with Crippen LogP contribution in [0.3, 0.4) is 0 Å². The number of hydrogen-bond donors (Lipinski definition) is 0. The van der Waals surface area contributed by atoms with Crippen LogP contribution in [0.15, 0.2) is 20.0 Å². The van der Waals surface area contributed by atoms with Crippen LogP contribution in [-0.4, -0.2) is 50.5 Å². The fourth-order valence-corrected chi connectivity index (χ4v) is 1.48. The summed E-state index contributed by atoms with van der Waals surface area (Å²) in [5.74, 6) is 0. The smallest absolute Gasteiger partial charge is 0.211 e. The summed E-state index contributed by atoms with van der Waals surface area (Å²) < 4.78 is 0. The highest BCUT2D eigenvalue weighted by molar-refractivity contribution is 5.33. The van der Waals surface area contributed by atoms with Crippen LogP contribution in [0.5, 0.6) is 0 Å². The first-order chi connectivity index (χ1) is 11.3. The van der Waals surface area contributed by atoms with Gasteiger partial charge in [-0.3, -0.25) is 0 Å². The average Bonchev–Trinajstić information content (AvgIpc) is 2.57. The molecule has 0 atom stereocenters. The first kappa shape index (κ1) is 22.8. The van der Waals surface area contributed by atoms with Crippen molar-refractivity contribution in [1.82, 2.24) is 0 Å². The second-order valence-corrected chi connectivity index (χ2v) is 4.37. The normalized spacial score (nSPS) is 8.17. The van der Waals surface area contributed by atoms with Crippen molar-refractivity contribution in [2.24, 2.45) is 20.0 Å². The van der Waals surface area contributed by atoms with Crippen molar-refractivity contribution >= 4 is 24.3 Å². The lowest BCUT2D eigenvalue weighted by Gasteiger charge is -1.93. The molecule has 0 aromatic rings. The molecule has 0 aromatic heterocycles. The standard InChI is InChI=1S/C8H12N2O2.C7H10N2O2/c11-7-9-5-3-1-2-4-6-10-8-12;10-6-8-4-2-1-3-5-9-7-11/h1-6H2;1-5H2. The molecule has 0 aromatic carbocycles. The van der Waals surface area contributed by atoms with Crippen LogP contribution in [0.25, 0.3) is 0 Å². The number of rotatable bonds is 13. The summed E-state index contributed by atoms with van der Waals surface area (Å²) in [5.41, 5.74) is 0. The van der Waals surface area contributed by atoms with Gasteiger partial charge in [0.05, 0.1) is 26.2 Å². The second kappa shape index (κ2) is 24.5. The Balaban J connectivity index is 0. The van der Waals surface area contributed by atoms with Crippen LogP contribution < -0.4 is 0 Å². The highest BCUT2D eigenvalue weighted by Gasteiger charge is 1.88. The monoisotopic (exact) mass is 322 g/mol. The highest BCUT2D eigenvalue weighted by Crippen LogP contribution is 1.99. The van der Waals surface area contributed by atoms with E-state index in [9.17, 15) is 19.2 Å². The number of carbonyl (C=O) groups excluding carboxylic acids is 4. The molecule has 0 unspecified atom stereocenters. The van der Waals surface area contributed by atoms with Gasteiger partial charge in [0.2, 0.25) is 24.3 Å². The van der Waals surface area contributed by atoms with E-state index in [0.717, 1.165) is 44.9 Å². The lowest BCUT2D eigenvalue weighted by Crippen LogP contribution is -1.84. The zero-order valence-electron chi connectivity index (χ0n) is 13.2. The molecule has 0 bridgehead atoms. The zero-order valence-corrected chi connectivity index (χ0v) is 13.2. The summed E-state index contributed by atoms with van der Waals surface area (Å²) in [4.78, 5) is 52.0. The van der Waals surface area contributed by atoms with E-state index in [1.54, 1.807) is 0 Å². The third kappa shape index (κ3) is 28.4. The molecular weight excluding hydrogens is 300 g/mol. The number of aliphatic imine (C=N–C) groups is 4. The van der Waals surface area contributed by atoms with Gasteiger partial charge in [0.25, 0.3) is 0 Å². The Labute approximate surface area is 135 Å². The van der Waals surface area contributed by atoms with E-state index in [0.29, 0.717) is 26.2 Å². The fourth-order valence-electron chi connectivity index (χ4n) is 1.48. The minimum absolute atomic E-state index is 0.522. The molecule has 8 nitrogen and oxygen atoms in total. The summed E-state index contributed by atoms with van der Waals surface area (Å²) in [6.45, 7) is 2.16. The molecule has 0 aliphatic rings. The summed E-state index contributed by atoms with van der Waals surface area (Å²) >= 11 is 0. The molecule has 0 aliphatic carbocycles. The molecule has 8 heteroatoms. The highest BCUT2D eigenvalue weighted by atomic mass is 16.1. The van der Waals surface area contributed by atoms with Gasteiger partial charge in [-0.05, 0) is 32.1 Å². The molecule has 0 amide bonds. The van der Waals surface area contributed by atoms with Crippen LogP contribution >= 0.6 is 0 Å². The van der Waals surface area contributed by atoms with E-state index < -0.39 is 0 Å². The molecule has 0 rings (SSSR count). The Hall–Kier alpha value is -2.48. The SMILES string of the molecule is O=C=NCCCCCCN=C=O.O=C=NCCCCCN=C=O. The fraction of sp³-hybridized carbons (Fsp3) is 0.733. The van der Waals surface area contributed by atoms with Crippen LogP contribution in [0.2, 0.25) is 0 Å². The molecule has 0 radical (unpaired) electrons. The molecule has 0 aliphatic heterocycles. The van der Waals surface area contributed by atoms with Crippen molar-refractivity contribution in [2.75, 3.05) is 26.2 Å². The minimum atomic E-state index is 0.522. The zero-order chi connectivity index (χ0) is 17.4. The van der Waals surface area contributed by atoms with Gasteiger partial charge < -0.3 is 0 Å². The van der Waals surface area contributed by atoms with E-state index in [-0.39, 0.29) is 0 Å². The number of unbranched alkanes of at least 4 members (excludes halogenated alkanes) is 5. The third-order valence-corrected chi connectivity index (χ3v) is 2.59. The first-order valence-electron chi connectivity index (χ1n) is 7.48. The van der Waals surface area contributed by atoms with Gasteiger partial charge in [-0.25, -0.2) is 39.1 Å². The van der Waals surface area contributed by atoms with E-state index in [2.05, 4.69) is 20.0 Å². The maximum atomic E-state index is 9.63. The lowest BCUT2D eigenvalue weighted by molar-refractivity contribution is 0.558. The largest absolute Gasteiger partial charge is 0.234 e. The first-order valence-corrected chi connectivity index (χ1v) is 7.48. The molecule has 0 heterocycles. The lowest BCUT2D eigenvalue weighted by atomic mass is 10.2. The molecule has 0 saturated carbocycles. The number of isocyanates is 4. The maximum Gasteiger partial charge on any atom is 0.234 e. The topological polar surface area (TPSA) is 118 Å². The molecule has 0 fully saturated rings. The quantitative estimate of drug-likeness (QED) is 0.293. The van der Waals surface area contributed by atoms with Crippen LogP contribution in [0.1, 0.15) is 44.9 Å². The van der Waals surface area contributed by atoms with E-state index in [1.165, 1.54) is 24.3 Å². The van der Waals surface area contributed by atoms with Gasteiger partial charge in [-0.1, -0.05) is 12.8 Å². The molecular formula is C15H22N4O4. The van der Waals surface area contributed by atoms with Gasteiger partial charge in [0.1, 0.15) is 0 Å². The van der Waals surface area contributed by atoms with Crippen molar-refractivity contribution in [3.8, 4) is 0 Å². The van der Waals surface area contributed by atoms with E-state index in [1.807, 2.05) is 0 Å². The molecule has 23 heavy (non-hydrogen) atoms. The van der Waals surface area contributed by atoms with Gasteiger partial charge >= 0.3 is 0 Å². The summed E-state index contributed by atoms with van der Waals surface area (Å²) in [6.07, 6.45) is 12.3. The predicted octanol–water partition coefficient (Wildman–Crippen LogP) is 2.05. The van der Waals surface area contributed by atoms with Crippen molar-refractivity contribution < 1.29 is 19.2 Å². The van der Waals surface area contributed by atoms with Gasteiger partial charge in [-0.15, -0.1) is 0 Å². The third-order valence-electron chi connectivity index (χ3n) is 2.59. The Kier molecular flexibility index (Phi) is 24.3. The van der Waals surface area contributed by atoms with E-state index >= 15 is 0 Å². The second-order valence-electron chi connectivity index (χ2n) is 4.37. The van der Waals surface area contributed by atoms with Crippen molar-refractivity contribution in [3.63, 3.8) is 0 Å². The number of nitrogens with zero attached hydrogens (tertiary/aromatic N) is 4. The average molecular weight is 322 g/mol. The summed E-state index contributed by atoms with van der Waals surface area (Å²) in [5, 5.41) is 0. The number of hydrogen-bond acceptors (Lipinski definition) is 8. The molecule has 0 N–H and O–H groups in total. The van der Waals surface area contributed by atoms with Crippen molar-refractivity contribution in [3.05, 3.63) is 0 Å². The molecule has 126 valence electrons. The van der Waals surface area contributed by atoms with Crippen molar-refractivity contribution in [1.29, 1.82) is 0 Å². The predicted molar refractivity (Wildman–Crippen MR) is 84.3 cm³/mol. The van der Waals surface area contributed by atoms with Gasteiger partial charge in [-0.2, -0.15) is 0 Å². The summed E-state index contributed by atoms with van der Waals surface area (Å²) in [6, 6.07) is 0. The van der Waals surface area contributed by atoms with E-state index in [4.69, 9.17) is 0 Å². The van der Waals surface area contributed by atoms with Crippen molar-refractivity contribution in [2.45, 2.75) is 44.9 Å². The molecule has 0 spiro atoms. The Morgan fingerprint density at radius 2 is 0.609 bits per heavy atom. The summed E-state index contributed by atoms with van der Waals surface area (Å²) in [7, 11) is 0. The molecule has 0 saturated heterocycles. The van der Waals surface area contributed by atoms with Gasteiger partial charge in [0, 0.05) is 0 Å². The van der Waals surface area contributed by atoms with Crippen LogP contribution in [0.4, 0.5) is 0 Å². The van der Waals surface area contributed by atoms with Crippen LogP contribution in [-0.2, 0) is 19.2 Å². The van der Waals surface area contributed by atoms with Gasteiger partial charge in [0.15, 0.2) is 0 Å². The Morgan fingerprint density at radius 3 is 0.826 bits per heavy atom. The van der Waals surface area contributed by atoms with Crippen LogP contribution in [0, 0.1) is 0 Å². The Bertz CT molecular complexity index is 414. The minimum Gasteiger partial charge on any atom is -0.211 e.